The van der Waals surface area contributed by atoms with Gasteiger partial charge in [0.15, 0.2) is 23.6 Å². The molecule has 26 heteroatoms. The molecule has 8 N–H and O–H groups in total. The minimum absolute atomic E-state index is 0.0147. The molecule has 26 nitrogen and oxygen atoms in total. The predicted molar refractivity (Wildman–Crippen MR) is 269 cm³/mol. The molecule has 0 radical (unpaired) electrons. The van der Waals surface area contributed by atoms with Gasteiger partial charge in [-0.1, -0.05) is 19.9 Å². The Bertz CT molecular complexity index is 2270. The molecule has 2 fully saturated rings. The summed E-state index contributed by atoms with van der Waals surface area (Å²) in [5.41, 5.74) is 8.16. The summed E-state index contributed by atoms with van der Waals surface area (Å²) in [6, 6.07) is -2.17. The van der Waals surface area contributed by atoms with Crippen molar-refractivity contribution in [2.45, 2.75) is 182 Å². The van der Waals surface area contributed by atoms with E-state index in [-0.39, 0.29) is 75.8 Å². The maximum atomic E-state index is 13.9. The van der Waals surface area contributed by atoms with E-state index in [1.165, 1.54) is 41.0 Å². The van der Waals surface area contributed by atoms with Crippen LogP contribution in [0.15, 0.2) is 22.4 Å². The van der Waals surface area contributed by atoms with Gasteiger partial charge in [-0.05, 0) is 93.9 Å². The van der Waals surface area contributed by atoms with Crippen LogP contribution >= 0.6 is 0 Å². The van der Waals surface area contributed by atoms with E-state index in [0.29, 0.717) is 12.8 Å². The van der Waals surface area contributed by atoms with Crippen molar-refractivity contribution in [1.82, 2.24) is 46.2 Å². The fourth-order valence-corrected chi connectivity index (χ4v) is 7.71. The summed E-state index contributed by atoms with van der Waals surface area (Å²) in [6.45, 7) is 23.2. The molecule has 2 aliphatic rings. The van der Waals surface area contributed by atoms with E-state index in [0.717, 1.165) is 0 Å². The van der Waals surface area contributed by atoms with Crippen LogP contribution in [0.1, 0.15) is 138 Å². The SMILES string of the molecule is C=CCn1c(C(C)=O)c(/N=C(\C)N)n([C@H]2O[C@@H](COC(=O)N(C)CCNC(=O)[C@H](CCCCNC(=O)OC(C)(C)C)NC(=O)[C@@H](NC(=O)CCCC(=O)NNC(=O)OC(C)(C)C)C(C)C)[C@@H]3OC(C)(C)O[C@@H]32)c1=O. The van der Waals surface area contributed by atoms with Crippen LogP contribution in [-0.4, -0.2) is 148 Å². The second-order valence-electron chi connectivity index (χ2n) is 20.8. The van der Waals surface area contributed by atoms with Crippen LogP contribution < -0.4 is 43.5 Å². The molecule has 0 spiro atoms. The molecule has 1 aromatic heterocycles. The number of unbranched alkanes of at least 4 members (excludes halogenated alkanes) is 1. The Kier molecular flexibility index (Phi) is 22.6. The van der Waals surface area contributed by atoms with Crippen LogP contribution in [0.25, 0.3) is 0 Å². The number of ether oxygens (including phenoxy) is 6. The molecule has 3 heterocycles. The number of amides is 7. The van der Waals surface area contributed by atoms with Crippen molar-refractivity contribution in [3.63, 3.8) is 0 Å². The number of imidazole rings is 1. The Hall–Kier alpha value is -6.54. The van der Waals surface area contributed by atoms with Gasteiger partial charge in [-0.2, -0.15) is 0 Å². The second-order valence-corrected chi connectivity index (χ2v) is 20.8. The molecule has 0 saturated carbocycles. The fourth-order valence-electron chi connectivity index (χ4n) is 7.71. The van der Waals surface area contributed by atoms with Gasteiger partial charge in [0.25, 0.3) is 0 Å². The third kappa shape index (κ3) is 19.4. The highest BCUT2D eigenvalue weighted by Gasteiger charge is 2.57. The van der Waals surface area contributed by atoms with Crippen molar-refractivity contribution in [1.29, 1.82) is 0 Å². The Morgan fingerprint density at radius 2 is 1.47 bits per heavy atom. The lowest BCUT2D eigenvalue weighted by atomic mass is 10.0. The smallest absolute Gasteiger partial charge is 0.426 e. The van der Waals surface area contributed by atoms with Crippen LogP contribution in [0, 0.1) is 5.92 Å². The number of nitrogens with two attached hydrogens (primary N) is 1. The number of ketones is 1. The first-order chi connectivity index (χ1) is 34.3. The molecule has 3 rings (SSSR count). The van der Waals surface area contributed by atoms with Crippen LogP contribution in [0.4, 0.5) is 20.2 Å². The third-order valence-corrected chi connectivity index (χ3v) is 10.9. The van der Waals surface area contributed by atoms with Crippen LogP contribution in [0.2, 0.25) is 0 Å². The average molecular weight is 1050 g/mol. The molecule has 6 atom stereocenters. The highest BCUT2D eigenvalue weighted by Crippen LogP contribution is 2.44. The van der Waals surface area contributed by atoms with E-state index in [2.05, 4.69) is 43.7 Å². The quantitative estimate of drug-likeness (QED) is 0.0149. The van der Waals surface area contributed by atoms with Gasteiger partial charge in [-0.3, -0.25) is 34.0 Å². The lowest BCUT2D eigenvalue weighted by Crippen LogP contribution is -2.55. The van der Waals surface area contributed by atoms with Crippen molar-refractivity contribution in [2.24, 2.45) is 16.6 Å². The molecule has 0 aliphatic carbocycles. The van der Waals surface area contributed by atoms with Crippen LogP contribution in [-0.2, 0) is 54.1 Å². The van der Waals surface area contributed by atoms with Gasteiger partial charge in [-0.15, -0.1) is 6.58 Å². The van der Waals surface area contributed by atoms with Crippen molar-refractivity contribution in [2.75, 3.05) is 33.3 Å². The second kappa shape index (κ2) is 27.1. The summed E-state index contributed by atoms with van der Waals surface area (Å²) < 4.78 is 37.0. The highest BCUT2D eigenvalue weighted by atomic mass is 16.8. The van der Waals surface area contributed by atoms with Gasteiger partial charge in [-0.25, -0.2) is 34.2 Å². The maximum Gasteiger partial charge on any atom is 0.426 e. The zero-order valence-corrected chi connectivity index (χ0v) is 45.1. The van der Waals surface area contributed by atoms with E-state index in [1.54, 1.807) is 69.2 Å². The topological polar surface area (TPSA) is 333 Å². The normalized spacial score (nSPS) is 19.0. The van der Waals surface area contributed by atoms with Crippen molar-refractivity contribution < 1.29 is 66.8 Å². The first-order valence-corrected chi connectivity index (χ1v) is 24.6. The van der Waals surface area contributed by atoms with Gasteiger partial charge >= 0.3 is 24.0 Å². The number of hydrazine groups is 1. The van der Waals surface area contributed by atoms with Crippen molar-refractivity contribution in [3.05, 3.63) is 28.8 Å². The molecular weight excluding hydrogens is 971 g/mol. The number of hydrogen-bond donors (Lipinski definition) is 7. The Labute approximate surface area is 431 Å². The van der Waals surface area contributed by atoms with Gasteiger partial charge in [0, 0.05) is 53.0 Å². The molecule has 74 heavy (non-hydrogen) atoms. The Balaban J connectivity index is 1.66. The predicted octanol–water partition coefficient (Wildman–Crippen LogP) is 2.70. The molecule has 7 amide bonds. The Morgan fingerprint density at radius 3 is 2.07 bits per heavy atom. The summed E-state index contributed by atoms with van der Waals surface area (Å²) in [7, 11) is 1.44. The van der Waals surface area contributed by atoms with Gasteiger partial charge in [0.2, 0.25) is 23.6 Å². The number of alkyl carbamates (subject to hydrolysis) is 1. The number of aromatic nitrogens is 2. The summed E-state index contributed by atoms with van der Waals surface area (Å²) in [5.74, 6) is -4.32. The molecule has 2 saturated heterocycles. The van der Waals surface area contributed by atoms with Gasteiger partial charge in [0.1, 0.15) is 53.9 Å². The first kappa shape index (κ1) is 61.8. The maximum absolute atomic E-state index is 13.9. The first-order valence-electron chi connectivity index (χ1n) is 24.6. The largest absolute Gasteiger partial charge is 0.447 e. The van der Waals surface area contributed by atoms with E-state index in [1.807, 2.05) is 0 Å². The lowest BCUT2D eigenvalue weighted by molar-refractivity contribution is -0.200. The highest BCUT2D eigenvalue weighted by molar-refractivity contribution is 5.98. The summed E-state index contributed by atoms with van der Waals surface area (Å²) in [4.78, 5) is 122. The van der Waals surface area contributed by atoms with Gasteiger partial charge in [0.05, 0.1) is 5.84 Å². The standard InChI is InChI=1S/C48H79N11O15/c1-15-24-58-35(28(4)60)38(52-29(5)49)59(44(58)67)41-37-36(71-48(12,13)72-37)31(70-41)26-69-45(68)57(14)25-23-50-39(63)30(19-16-17-22-51-42(65)73-46(6,7)8)53-40(64)34(27(2)3)54-32(61)20-18-21-33(62)55-56-43(66)74-47(9,10)11/h15,27,30-31,34,36-37,41H,1,16-26H2,2-14H3,(H2,49,52)(H,50,63)(H,51,65)(H,53,64)(H,54,61)(H,55,62)(H,56,66)/t30-,31-,34-,36-,37-,41-/m0/s1. The van der Waals surface area contributed by atoms with E-state index < -0.39 is 113 Å². The minimum Gasteiger partial charge on any atom is -0.447 e. The minimum atomic E-state index is -1.18. The zero-order chi connectivity index (χ0) is 55.9. The van der Waals surface area contributed by atoms with E-state index in [4.69, 9.17) is 34.2 Å². The van der Waals surface area contributed by atoms with Crippen molar-refractivity contribution in [3.8, 4) is 0 Å². The number of likely N-dealkylation sites (N-methyl/N-ethyl adjacent to an activating group) is 1. The number of carbonyl (C=O) groups is 8. The number of hydrogen-bond acceptors (Lipinski definition) is 16. The monoisotopic (exact) mass is 1050 g/mol. The number of Topliss-reactive ketones (excluding diaryl/α,β-unsaturated/α-hetero) is 1. The average Bonchev–Trinajstić information content (AvgIpc) is 3.85. The number of nitrogens with zero attached hydrogens (tertiary/aromatic N) is 4. The molecule has 0 bridgehead atoms. The number of amidine groups is 1. The Morgan fingerprint density at radius 1 is 0.851 bits per heavy atom. The molecule has 1 aromatic rings. The van der Waals surface area contributed by atoms with E-state index in [9.17, 15) is 43.2 Å². The van der Waals surface area contributed by atoms with Gasteiger partial charge < -0.3 is 60.3 Å². The third-order valence-electron chi connectivity index (χ3n) is 10.9. The summed E-state index contributed by atoms with van der Waals surface area (Å²) in [5, 5.41) is 10.8. The molecule has 2 aliphatic heterocycles. The van der Waals surface area contributed by atoms with Crippen LogP contribution in [0.5, 0.6) is 0 Å². The summed E-state index contributed by atoms with van der Waals surface area (Å²) >= 11 is 0. The zero-order valence-electron chi connectivity index (χ0n) is 45.1. The molecule has 416 valence electrons. The number of fused-ring (bicyclic) bond motifs is 1. The number of nitrogens with one attached hydrogen (secondary N) is 6. The lowest BCUT2D eigenvalue weighted by Gasteiger charge is -2.26. The number of carbonyl (C=O) groups excluding carboxylic acids is 8. The summed E-state index contributed by atoms with van der Waals surface area (Å²) in [6.07, 6.45) is -3.92. The fraction of sp³-hybridized carbons (Fsp3) is 0.708. The number of rotatable bonds is 24. The van der Waals surface area contributed by atoms with Crippen molar-refractivity contribution >= 4 is 59.3 Å². The van der Waals surface area contributed by atoms with E-state index >= 15 is 0 Å². The van der Waals surface area contributed by atoms with Crippen LogP contribution in [0.3, 0.4) is 0 Å². The number of allylic oxidation sites excluding steroid dienone is 1. The molecule has 0 aromatic carbocycles. The molecular formula is C48H79N11O15. The number of aliphatic imine (C=N–C) groups is 1. The molecule has 0 unspecified atom stereocenters.